The molecule has 2 N–H and O–H groups in total. The molecule has 8 nitrogen and oxygen atoms in total. The number of para-hydroxylation sites is 1. The number of ether oxygens (including phenoxy) is 1. The minimum absolute atomic E-state index is 0.141. The highest BCUT2D eigenvalue weighted by molar-refractivity contribution is 6.07. The molecule has 0 bridgehead atoms. The molecule has 0 aromatic heterocycles. The van der Waals surface area contributed by atoms with E-state index in [0.29, 0.717) is 28.4 Å². The number of rotatable bonds is 7. The topological polar surface area (TPSA) is 111 Å². The third-order valence-electron chi connectivity index (χ3n) is 4.79. The summed E-state index contributed by atoms with van der Waals surface area (Å²) in [7, 11) is 0. The molecule has 4 aromatic carbocycles. The zero-order valence-corrected chi connectivity index (χ0v) is 17.8. The zero-order chi connectivity index (χ0) is 23.9. The number of carbonyl (C=O) groups excluding carboxylic acids is 2. The Kier molecular flexibility index (Phi) is 6.60. The summed E-state index contributed by atoms with van der Waals surface area (Å²) in [4.78, 5) is 35.5. The molecule has 0 aliphatic carbocycles. The highest BCUT2D eigenvalue weighted by Gasteiger charge is 2.13. The molecule has 0 heterocycles. The normalized spacial score (nSPS) is 10.2. The van der Waals surface area contributed by atoms with Crippen molar-refractivity contribution in [3.63, 3.8) is 0 Å². The molecule has 0 aliphatic rings. The van der Waals surface area contributed by atoms with Gasteiger partial charge in [-0.05, 0) is 60.7 Å². The lowest BCUT2D eigenvalue weighted by Crippen LogP contribution is -2.14. The summed E-state index contributed by atoms with van der Waals surface area (Å²) in [6.45, 7) is 0. The van der Waals surface area contributed by atoms with Crippen molar-refractivity contribution in [3.05, 3.63) is 124 Å². The van der Waals surface area contributed by atoms with Crippen molar-refractivity contribution >= 4 is 28.9 Å². The minimum atomic E-state index is -0.567. The molecule has 0 fully saturated rings. The molecule has 0 atom stereocenters. The minimum Gasteiger partial charge on any atom is -0.457 e. The number of benzene rings is 4. The maximum atomic E-state index is 12.7. The van der Waals surface area contributed by atoms with Gasteiger partial charge in [-0.25, -0.2) is 0 Å². The van der Waals surface area contributed by atoms with Gasteiger partial charge in [-0.1, -0.05) is 30.3 Å². The Labute approximate surface area is 195 Å². The van der Waals surface area contributed by atoms with Crippen molar-refractivity contribution in [3.8, 4) is 11.5 Å². The van der Waals surface area contributed by atoms with Gasteiger partial charge in [-0.3, -0.25) is 19.7 Å². The van der Waals surface area contributed by atoms with E-state index in [0.717, 1.165) is 0 Å². The molecule has 8 heteroatoms. The van der Waals surface area contributed by atoms with E-state index in [1.165, 1.54) is 30.3 Å². The average Bonchev–Trinajstić information content (AvgIpc) is 2.86. The van der Waals surface area contributed by atoms with E-state index in [-0.39, 0.29) is 17.2 Å². The predicted octanol–water partition coefficient (Wildman–Crippen LogP) is 5.89. The van der Waals surface area contributed by atoms with Crippen LogP contribution in [0.5, 0.6) is 11.5 Å². The smallest absolute Gasteiger partial charge is 0.270 e. The quantitative estimate of drug-likeness (QED) is 0.268. The van der Waals surface area contributed by atoms with Gasteiger partial charge in [0.15, 0.2) is 0 Å². The number of anilines is 2. The number of nitrogens with zero attached hydrogens (tertiary/aromatic N) is 1. The van der Waals surface area contributed by atoms with Gasteiger partial charge in [0.1, 0.15) is 11.5 Å². The van der Waals surface area contributed by atoms with Crippen LogP contribution in [0.15, 0.2) is 103 Å². The Hall–Kier alpha value is -4.98. The highest BCUT2D eigenvalue weighted by Crippen LogP contribution is 2.23. The van der Waals surface area contributed by atoms with Crippen molar-refractivity contribution in [2.24, 2.45) is 0 Å². The fourth-order valence-electron chi connectivity index (χ4n) is 3.14. The molecule has 168 valence electrons. The zero-order valence-electron chi connectivity index (χ0n) is 17.8. The maximum absolute atomic E-state index is 12.7. The van der Waals surface area contributed by atoms with Crippen LogP contribution in [0.3, 0.4) is 0 Å². The number of nitro groups is 1. The lowest BCUT2D eigenvalue weighted by molar-refractivity contribution is -0.384. The third kappa shape index (κ3) is 5.63. The summed E-state index contributed by atoms with van der Waals surface area (Å²) in [6, 6.07) is 28.1. The molecule has 34 heavy (non-hydrogen) atoms. The Morgan fingerprint density at radius 2 is 1.24 bits per heavy atom. The van der Waals surface area contributed by atoms with E-state index < -0.39 is 10.8 Å². The maximum Gasteiger partial charge on any atom is 0.270 e. The molecule has 0 radical (unpaired) electrons. The number of carbonyl (C=O) groups is 2. The number of amides is 2. The molecule has 4 aromatic rings. The molecule has 0 saturated carbocycles. The van der Waals surface area contributed by atoms with Crippen LogP contribution in [-0.2, 0) is 0 Å². The molecule has 0 spiro atoms. The van der Waals surface area contributed by atoms with Gasteiger partial charge in [-0.15, -0.1) is 0 Å². The number of nitro benzene ring substituents is 1. The summed E-state index contributed by atoms with van der Waals surface area (Å²) in [5.74, 6) is 0.469. The van der Waals surface area contributed by atoms with Gasteiger partial charge in [0.2, 0.25) is 0 Å². The largest absolute Gasteiger partial charge is 0.457 e. The summed E-state index contributed by atoms with van der Waals surface area (Å²) < 4.78 is 5.74. The van der Waals surface area contributed by atoms with Crippen molar-refractivity contribution in [2.75, 3.05) is 10.6 Å². The number of nitrogens with one attached hydrogen (secondary N) is 2. The van der Waals surface area contributed by atoms with Crippen LogP contribution in [0.1, 0.15) is 20.7 Å². The van der Waals surface area contributed by atoms with E-state index in [9.17, 15) is 19.7 Å². The van der Waals surface area contributed by atoms with Crippen LogP contribution in [0, 0.1) is 10.1 Å². The molecule has 2 amide bonds. The second kappa shape index (κ2) is 10.1. The van der Waals surface area contributed by atoms with Gasteiger partial charge in [-0.2, -0.15) is 0 Å². The molecular weight excluding hydrogens is 434 g/mol. The number of hydrogen-bond acceptors (Lipinski definition) is 5. The van der Waals surface area contributed by atoms with E-state index >= 15 is 0 Å². The van der Waals surface area contributed by atoms with Gasteiger partial charge in [0, 0.05) is 34.6 Å². The average molecular weight is 453 g/mol. The standard InChI is InChI=1S/C26H19N3O5/c30-25(27-20-12-14-24(15-13-20)34-23-10-2-1-3-11-23)18-6-4-8-21(16-18)28-26(31)19-7-5-9-22(17-19)29(32)33/h1-17H,(H,27,30)(H,28,31). The van der Waals surface area contributed by atoms with E-state index in [1.807, 2.05) is 30.3 Å². The first-order chi connectivity index (χ1) is 16.5. The Bertz CT molecular complexity index is 1340. The fourth-order valence-corrected chi connectivity index (χ4v) is 3.14. The van der Waals surface area contributed by atoms with Crippen molar-refractivity contribution < 1.29 is 19.2 Å². The second-order valence-electron chi connectivity index (χ2n) is 7.24. The lowest BCUT2D eigenvalue weighted by atomic mass is 10.1. The van der Waals surface area contributed by atoms with Gasteiger partial charge in [0.25, 0.3) is 17.5 Å². The number of hydrogen-bond donors (Lipinski definition) is 2. The Morgan fingerprint density at radius 1 is 0.647 bits per heavy atom. The van der Waals surface area contributed by atoms with Crippen LogP contribution >= 0.6 is 0 Å². The Balaban J connectivity index is 1.40. The third-order valence-corrected chi connectivity index (χ3v) is 4.79. The first kappa shape index (κ1) is 22.2. The highest BCUT2D eigenvalue weighted by atomic mass is 16.6. The second-order valence-corrected chi connectivity index (χ2v) is 7.24. The fraction of sp³-hybridized carbons (Fsp3) is 0. The SMILES string of the molecule is O=C(Nc1ccc(Oc2ccccc2)cc1)c1cccc(NC(=O)c2cccc([N+](=O)[O-])c2)c1. The van der Waals surface area contributed by atoms with Crippen LogP contribution in [0.4, 0.5) is 17.1 Å². The summed E-state index contributed by atoms with van der Waals surface area (Å²) in [5.41, 5.74) is 1.26. The summed E-state index contributed by atoms with van der Waals surface area (Å²) in [6.07, 6.45) is 0. The monoisotopic (exact) mass is 453 g/mol. The molecule has 0 aliphatic heterocycles. The van der Waals surface area contributed by atoms with Crippen molar-refractivity contribution in [2.45, 2.75) is 0 Å². The van der Waals surface area contributed by atoms with Crippen LogP contribution in [0.25, 0.3) is 0 Å². The van der Waals surface area contributed by atoms with Crippen molar-refractivity contribution in [1.29, 1.82) is 0 Å². The summed E-state index contributed by atoms with van der Waals surface area (Å²) >= 11 is 0. The molecule has 0 saturated heterocycles. The van der Waals surface area contributed by atoms with Crippen LogP contribution in [0.2, 0.25) is 0 Å². The first-order valence-electron chi connectivity index (χ1n) is 10.3. The van der Waals surface area contributed by atoms with Crippen LogP contribution < -0.4 is 15.4 Å². The lowest BCUT2D eigenvalue weighted by Gasteiger charge is -2.10. The molecule has 4 rings (SSSR count). The Morgan fingerprint density at radius 3 is 1.91 bits per heavy atom. The van der Waals surface area contributed by atoms with E-state index in [4.69, 9.17) is 4.74 Å². The molecule has 0 unspecified atom stereocenters. The van der Waals surface area contributed by atoms with E-state index in [2.05, 4.69) is 10.6 Å². The first-order valence-corrected chi connectivity index (χ1v) is 10.3. The van der Waals surface area contributed by atoms with E-state index in [1.54, 1.807) is 42.5 Å². The van der Waals surface area contributed by atoms with Gasteiger partial charge in [0.05, 0.1) is 4.92 Å². The number of non-ortho nitro benzene ring substituents is 1. The molecular formula is C26H19N3O5. The van der Waals surface area contributed by atoms with Crippen molar-refractivity contribution in [1.82, 2.24) is 0 Å². The predicted molar refractivity (Wildman–Crippen MR) is 128 cm³/mol. The summed E-state index contributed by atoms with van der Waals surface area (Å²) in [5, 5.41) is 16.4. The van der Waals surface area contributed by atoms with Gasteiger partial charge < -0.3 is 15.4 Å². The van der Waals surface area contributed by atoms with Gasteiger partial charge >= 0.3 is 0 Å². The van der Waals surface area contributed by atoms with Crippen LogP contribution in [-0.4, -0.2) is 16.7 Å².